The summed E-state index contributed by atoms with van der Waals surface area (Å²) in [7, 11) is 3.34. The third kappa shape index (κ3) is 2.79. The van der Waals surface area contributed by atoms with Crippen molar-refractivity contribution in [1.82, 2.24) is 0 Å². The number of nitrogens with one attached hydrogen (secondary N) is 1. The van der Waals surface area contributed by atoms with Crippen LogP contribution < -0.4 is 14.8 Å². The van der Waals surface area contributed by atoms with Crippen LogP contribution in [0.2, 0.25) is 5.02 Å². The Hall–Kier alpha value is -1.87. The first-order valence-corrected chi connectivity index (χ1v) is 7.36. The fourth-order valence-corrected chi connectivity index (χ4v) is 3.05. The topological polar surface area (TPSA) is 30.5 Å². The van der Waals surface area contributed by atoms with Gasteiger partial charge in [-0.2, -0.15) is 0 Å². The number of benzene rings is 2. The van der Waals surface area contributed by atoms with Crippen LogP contribution in [0.3, 0.4) is 0 Å². The minimum Gasteiger partial charge on any atom is -0.497 e. The number of fused-ring (bicyclic) bond motifs is 1. The SMILES string of the molecule is COc1ccc(OC)c(NC2CCc3cc(Cl)ccc32)c1. The van der Waals surface area contributed by atoms with E-state index in [9.17, 15) is 0 Å². The molecule has 3 nitrogen and oxygen atoms in total. The van der Waals surface area contributed by atoms with Crippen molar-refractivity contribution in [3.8, 4) is 11.5 Å². The molecular formula is C17H18ClNO2. The molecule has 0 fully saturated rings. The van der Waals surface area contributed by atoms with Gasteiger partial charge in [-0.1, -0.05) is 17.7 Å². The largest absolute Gasteiger partial charge is 0.497 e. The zero-order valence-corrected chi connectivity index (χ0v) is 12.9. The second-order valence-electron chi connectivity index (χ2n) is 5.14. The summed E-state index contributed by atoms with van der Waals surface area (Å²) in [6.45, 7) is 0. The third-order valence-corrected chi connectivity index (χ3v) is 4.15. The Bertz CT molecular complexity index is 657. The molecule has 0 aliphatic heterocycles. The monoisotopic (exact) mass is 303 g/mol. The van der Waals surface area contributed by atoms with Gasteiger partial charge in [-0.05, 0) is 48.2 Å². The lowest BCUT2D eigenvalue weighted by atomic mass is 10.1. The van der Waals surface area contributed by atoms with Gasteiger partial charge in [-0.15, -0.1) is 0 Å². The Kier molecular flexibility index (Phi) is 3.93. The lowest BCUT2D eigenvalue weighted by molar-refractivity contribution is 0.404. The van der Waals surface area contributed by atoms with Crippen molar-refractivity contribution in [3.63, 3.8) is 0 Å². The van der Waals surface area contributed by atoms with Crippen LogP contribution in [-0.2, 0) is 6.42 Å². The number of aryl methyl sites for hydroxylation is 1. The van der Waals surface area contributed by atoms with Gasteiger partial charge in [-0.25, -0.2) is 0 Å². The van der Waals surface area contributed by atoms with Crippen LogP contribution >= 0.6 is 11.6 Å². The maximum absolute atomic E-state index is 6.06. The van der Waals surface area contributed by atoms with Crippen LogP contribution in [0.4, 0.5) is 5.69 Å². The van der Waals surface area contributed by atoms with Crippen LogP contribution in [0.25, 0.3) is 0 Å². The van der Waals surface area contributed by atoms with E-state index >= 15 is 0 Å². The van der Waals surface area contributed by atoms with E-state index in [0.29, 0.717) is 0 Å². The molecule has 0 heterocycles. The number of ether oxygens (including phenoxy) is 2. The van der Waals surface area contributed by atoms with Crippen molar-refractivity contribution in [1.29, 1.82) is 0 Å². The highest BCUT2D eigenvalue weighted by Gasteiger charge is 2.23. The Morgan fingerprint density at radius 2 is 1.95 bits per heavy atom. The van der Waals surface area contributed by atoms with Gasteiger partial charge in [0.2, 0.25) is 0 Å². The molecule has 1 atom stereocenters. The summed E-state index contributed by atoms with van der Waals surface area (Å²) < 4.78 is 10.7. The Labute approximate surface area is 129 Å². The summed E-state index contributed by atoms with van der Waals surface area (Å²) in [5.41, 5.74) is 3.58. The van der Waals surface area contributed by atoms with Crippen molar-refractivity contribution in [2.45, 2.75) is 18.9 Å². The lowest BCUT2D eigenvalue weighted by Gasteiger charge is -2.18. The van der Waals surface area contributed by atoms with Crippen LogP contribution in [0.15, 0.2) is 36.4 Å². The molecule has 1 aliphatic carbocycles. The molecule has 2 aromatic rings. The van der Waals surface area contributed by atoms with Gasteiger partial charge in [0.05, 0.1) is 25.9 Å². The quantitative estimate of drug-likeness (QED) is 0.905. The van der Waals surface area contributed by atoms with E-state index in [0.717, 1.165) is 35.1 Å². The fourth-order valence-electron chi connectivity index (χ4n) is 2.85. The lowest BCUT2D eigenvalue weighted by Crippen LogP contribution is -2.08. The maximum atomic E-state index is 6.06. The van der Waals surface area contributed by atoms with Crippen LogP contribution in [-0.4, -0.2) is 14.2 Å². The summed E-state index contributed by atoms with van der Waals surface area (Å²) >= 11 is 6.06. The minimum atomic E-state index is 0.276. The van der Waals surface area contributed by atoms with Crippen molar-refractivity contribution in [2.75, 3.05) is 19.5 Å². The molecule has 1 aliphatic rings. The Balaban J connectivity index is 1.88. The van der Waals surface area contributed by atoms with Crippen molar-refractivity contribution < 1.29 is 9.47 Å². The molecule has 1 unspecified atom stereocenters. The number of halogens is 1. The fraction of sp³-hybridized carbons (Fsp3) is 0.294. The first-order valence-electron chi connectivity index (χ1n) is 6.98. The zero-order chi connectivity index (χ0) is 14.8. The minimum absolute atomic E-state index is 0.276. The highest BCUT2D eigenvalue weighted by Crippen LogP contribution is 2.38. The average molecular weight is 304 g/mol. The van der Waals surface area contributed by atoms with Gasteiger partial charge in [0.25, 0.3) is 0 Å². The first kappa shape index (κ1) is 14.1. The van der Waals surface area contributed by atoms with Gasteiger partial charge >= 0.3 is 0 Å². The molecule has 0 saturated heterocycles. The normalized spacial score (nSPS) is 16.4. The highest BCUT2D eigenvalue weighted by molar-refractivity contribution is 6.30. The number of hydrogen-bond acceptors (Lipinski definition) is 3. The molecule has 3 rings (SSSR count). The van der Waals surface area contributed by atoms with E-state index in [1.807, 2.05) is 24.3 Å². The third-order valence-electron chi connectivity index (χ3n) is 3.92. The molecule has 0 bridgehead atoms. The van der Waals surface area contributed by atoms with E-state index in [-0.39, 0.29) is 6.04 Å². The second kappa shape index (κ2) is 5.86. The summed E-state index contributed by atoms with van der Waals surface area (Å²) in [5.74, 6) is 1.63. The molecule has 4 heteroatoms. The van der Waals surface area contributed by atoms with Crippen LogP contribution in [0.5, 0.6) is 11.5 Å². The molecular weight excluding hydrogens is 286 g/mol. The Morgan fingerprint density at radius 3 is 2.71 bits per heavy atom. The molecule has 0 spiro atoms. The van der Waals surface area contributed by atoms with Crippen LogP contribution in [0.1, 0.15) is 23.6 Å². The van der Waals surface area contributed by atoms with Crippen LogP contribution in [0, 0.1) is 0 Å². The van der Waals surface area contributed by atoms with E-state index in [4.69, 9.17) is 21.1 Å². The smallest absolute Gasteiger partial charge is 0.142 e. The molecule has 0 aromatic heterocycles. The summed E-state index contributed by atoms with van der Waals surface area (Å²) in [6, 6.07) is 12.2. The highest BCUT2D eigenvalue weighted by atomic mass is 35.5. The van der Waals surface area contributed by atoms with Gasteiger partial charge in [0.15, 0.2) is 0 Å². The van der Waals surface area contributed by atoms with Gasteiger partial charge in [-0.3, -0.25) is 0 Å². The standard InChI is InChI=1S/C17H18ClNO2/c1-20-13-5-8-17(21-2)16(10-13)19-15-7-3-11-9-12(18)4-6-14(11)15/h4-6,8-10,15,19H,3,7H2,1-2H3. The number of hydrogen-bond donors (Lipinski definition) is 1. The summed E-state index contributed by atoms with van der Waals surface area (Å²) in [4.78, 5) is 0. The predicted molar refractivity (Wildman–Crippen MR) is 85.7 cm³/mol. The predicted octanol–water partition coefficient (Wildman–Crippen LogP) is 4.46. The molecule has 0 saturated carbocycles. The molecule has 0 amide bonds. The second-order valence-corrected chi connectivity index (χ2v) is 5.58. The molecule has 2 aromatic carbocycles. The van der Waals surface area contributed by atoms with E-state index in [2.05, 4.69) is 17.4 Å². The van der Waals surface area contributed by atoms with Crippen molar-refractivity contribution in [2.24, 2.45) is 0 Å². The average Bonchev–Trinajstić information content (AvgIpc) is 2.89. The van der Waals surface area contributed by atoms with E-state index in [1.165, 1.54) is 11.1 Å². The molecule has 110 valence electrons. The zero-order valence-electron chi connectivity index (χ0n) is 12.2. The summed E-state index contributed by atoms with van der Waals surface area (Å²) in [5, 5.41) is 4.36. The number of methoxy groups -OCH3 is 2. The molecule has 1 N–H and O–H groups in total. The maximum Gasteiger partial charge on any atom is 0.142 e. The molecule has 0 radical (unpaired) electrons. The van der Waals surface area contributed by atoms with Gasteiger partial charge < -0.3 is 14.8 Å². The number of rotatable bonds is 4. The van der Waals surface area contributed by atoms with Gasteiger partial charge in [0.1, 0.15) is 11.5 Å². The molecule has 21 heavy (non-hydrogen) atoms. The van der Waals surface area contributed by atoms with Gasteiger partial charge in [0, 0.05) is 11.1 Å². The number of anilines is 1. The van der Waals surface area contributed by atoms with E-state index in [1.54, 1.807) is 14.2 Å². The van der Waals surface area contributed by atoms with Crippen molar-refractivity contribution in [3.05, 3.63) is 52.5 Å². The van der Waals surface area contributed by atoms with E-state index < -0.39 is 0 Å². The first-order chi connectivity index (χ1) is 10.2. The summed E-state index contributed by atoms with van der Waals surface area (Å²) in [6.07, 6.45) is 2.09. The van der Waals surface area contributed by atoms with Crippen molar-refractivity contribution >= 4 is 17.3 Å². The Morgan fingerprint density at radius 1 is 1.10 bits per heavy atom.